The summed E-state index contributed by atoms with van der Waals surface area (Å²) in [7, 11) is 1.24. The van der Waals surface area contributed by atoms with Gasteiger partial charge in [-0.1, -0.05) is 0 Å². The summed E-state index contributed by atoms with van der Waals surface area (Å²) < 4.78 is 4.60. The van der Waals surface area contributed by atoms with Crippen LogP contribution >= 0.6 is 0 Å². The van der Waals surface area contributed by atoms with Gasteiger partial charge in [-0.3, -0.25) is 14.4 Å². The van der Waals surface area contributed by atoms with Crippen LogP contribution in [0.15, 0.2) is 23.5 Å². The summed E-state index contributed by atoms with van der Waals surface area (Å²) in [5.41, 5.74) is -0.218. The Kier molecular flexibility index (Phi) is 2.19. The van der Waals surface area contributed by atoms with Gasteiger partial charge in [0.2, 0.25) is 5.78 Å². The molecule has 0 spiro atoms. The minimum absolute atomic E-state index is 0.183. The Morgan fingerprint density at radius 3 is 2.25 bits per heavy atom. The molecular formula is C8H6O4. The van der Waals surface area contributed by atoms with Crippen molar-refractivity contribution in [3.8, 4) is 0 Å². The zero-order valence-electron chi connectivity index (χ0n) is 6.37. The molecule has 1 rings (SSSR count). The maximum atomic E-state index is 11.0. The average Bonchev–Trinajstić information content (AvgIpc) is 2.08. The Hall–Kier alpha value is -1.71. The molecule has 4 nitrogen and oxygen atoms in total. The van der Waals surface area contributed by atoms with Gasteiger partial charge in [-0.25, -0.2) is 0 Å². The van der Waals surface area contributed by atoms with Crippen molar-refractivity contribution in [1.82, 2.24) is 0 Å². The van der Waals surface area contributed by atoms with E-state index in [1.807, 2.05) is 0 Å². The lowest BCUT2D eigenvalue weighted by atomic mass is 10.0. The molecule has 4 heteroatoms. The third kappa shape index (κ3) is 1.18. The van der Waals surface area contributed by atoms with E-state index in [1.54, 1.807) is 0 Å². The molecule has 0 aromatic rings. The molecule has 0 fully saturated rings. The van der Waals surface area contributed by atoms with Crippen LogP contribution in [0.5, 0.6) is 0 Å². The molecule has 0 unspecified atom stereocenters. The van der Waals surface area contributed by atoms with Crippen molar-refractivity contribution < 1.29 is 19.1 Å². The summed E-state index contributed by atoms with van der Waals surface area (Å²) in [6.07, 6.45) is 2.45. The SMILES string of the molecule is COC1=C(C=O)C(=O)C=CC1=O. The fraction of sp³-hybridized carbons (Fsp3) is 0.125. The Balaban J connectivity index is 3.19. The summed E-state index contributed by atoms with van der Waals surface area (Å²) in [5.74, 6) is -1.14. The van der Waals surface area contributed by atoms with E-state index >= 15 is 0 Å². The summed E-state index contributed by atoms with van der Waals surface area (Å²) >= 11 is 0. The topological polar surface area (TPSA) is 60.4 Å². The maximum Gasteiger partial charge on any atom is 0.221 e. The summed E-state index contributed by atoms with van der Waals surface area (Å²) in [6.45, 7) is 0. The first kappa shape index (κ1) is 8.39. The van der Waals surface area contributed by atoms with Crippen LogP contribution in [0.25, 0.3) is 0 Å². The van der Waals surface area contributed by atoms with E-state index in [0.29, 0.717) is 6.29 Å². The molecule has 1 aliphatic carbocycles. The molecule has 0 heterocycles. The molecule has 1 aliphatic rings. The molecule has 0 aromatic heterocycles. The highest BCUT2D eigenvalue weighted by atomic mass is 16.5. The van der Waals surface area contributed by atoms with Crippen LogP contribution in [0.1, 0.15) is 0 Å². The Morgan fingerprint density at radius 2 is 1.83 bits per heavy atom. The zero-order chi connectivity index (χ0) is 9.14. The van der Waals surface area contributed by atoms with Crippen LogP contribution in [0.4, 0.5) is 0 Å². The lowest BCUT2D eigenvalue weighted by Gasteiger charge is -2.07. The van der Waals surface area contributed by atoms with Gasteiger partial charge in [-0.2, -0.15) is 0 Å². The minimum atomic E-state index is -0.499. The van der Waals surface area contributed by atoms with Gasteiger partial charge in [-0.05, 0) is 12.2 Å². The predicted molar refractivity (Wildman–Crippen MR) is 39.3 cm³/mol. The number of ketones is 2. The smallest absolute Gasteiger partial charge is 0.221 e. The van der Waals surface area contributed by atoms with E-state index in [9.17, 15) is 14.4 Å². The molecule has 62 valence electrons. The first-order valence-corrected chi connectivity index (χ1v) is 3.21. The van der Waals surface area contributed by atoms with Crippen molar-refractivity contribution in [1.29, 1.82) is 0 Å². The molecule has 0 N–H and O–H groups in total. The van der Waals surface area contributed by atoms with Crippen molar-refractivity contribution in [2.75, 3.05) is 7.11 Å². The molecule has 0 atom stereocenters. The Labute approximate surface area is 68.5 Å². The van der Waals surface area contributed by atoms with Crippen LogP contribution < -0.4 is 0 Å². The van der Waals surface area contributed by atoms with Gasteiger partial charge in [0.05, 0.1) is 7.11 Å². The van der Waals surface area contributed by atoms with Crippen LogP contribution in [0, 0.1) is 0 Å². The van der Waals surface area contributed by atoms with E-state index in [1.165, 1.54) is 7.11 Å². The van der Waals surface area contributed by atoms with Crippen molar-refractivity contribution in [2.24, 2.45) is 0 Å². The second-order valence-electron chi connectivity index (χ2n) is 2.13. The van der Waals surface area contributed by atoms with Crippen LogP contribution in [0.2, 0.25) is 0 Å². The van der Waals surface area contributed by atoms with Gasteiger partial charge < -0.3 is 4.74 Å². The van der Waals surface area contributed by atoms with Crippen molar-refractivity contribution in [3.05, 3.63) is 23.5 Å². The van der Waals surface area contributed by atoms with Crippen molar-refractivity contribution in [2.45, 2.75) is 0 Å². The Bertz CT molecular complexity index is 309. The largest absolute Gasteiger partial charge is 0.492 e. The molecule has 0 amide bonds. The molecule has 12 heavy (non-hydrogen) atoms. The highest BCUT2D eigenvalue weighted by molar-refractivity contribution is 6.27. The molecule has 0 bridgehead atoms. The van der Waals surface area contributed by atoms with Crippen molar-refractivity contribution in [3.63, 3.8) is 0 Å². The first-order valence-electron chi connectivity index (χ1n) is 3.21. The van der Waals surface area contributed by atoms with Crippen LogP contribution in [-0.4, -0.2) is 25.0 Å². The molecule has 0 aromatic carbocycles. The summed E-state index contributed by atoms with van der Waals surface area (Å²) in [6, 6.07) is 0. The van der Waals surface area contributed by atoms with Gasteiger partial charge in [-0.15, -0.1) is 0 Å². The standard InChI is InChI=1S/C8H6O4/c1-12-8-5(4-9)6(10)2-3-7(8)11/h2-4H,1H3. The predicted octanol–water partition coefficient (Wildman–Crippen LogP) is -0.206. The average molecular weight is 166 g/mol. The fourth-order valence-electron chi connectivity index (χ4n) is 0.884. The third-order valence-electron chi connectivity index (χ3n) is 1.44. The van der Waals surface area contributed by atoms with Crippen molar-refractivity contribution >= 4 is 17.9 Å². The summed E-state index contributed by atoms with van der Waals surface area (Å²) in [4.78, 5) is 32.2. The van der Waals surface area contributed by atoms with E-state index < -0.39 is 11.6 Å². The molecule has 0 saturated heterocycles. The van der Waals surface area contributed by atoms with Gasteiger partial charge in [0.1, 0.15) is 5.57 Å². The highest BCUT2D eigenvalue weighted by Gasteiger charge is 2.22. The number of methoxy groups -OCH3 is 1. The second kappa shape index (κ2) is 3.13. The monoisotopic (exact) mass is 166 g/mol. The number of hydrogen-bond acceptors (Lipinski definition) is 4. The van der Waals surface area contributed by atoms with Gasteiger partial charge >= 0.3 is 0 Å². The highest BCUT2D eigenvalue weighted by Crippen LogP contribution is 2.12. The first-order chi connectivity index (χ1) is 5.70. The van der Waals surface area contributed by atoms with E-state index in [4.69, 9.17) is 0 Å². The van der Waals surface area contributed by atoms with E-state index in [-0.39, 0.29) is 11.3 Å². The fourth-order valence-corrected chi connectivity index (χ4v) is 0.884. The number of aldehydes is 1. The van der Waals surface area contributed by atoms with E-state index in [0.717, 1.165) is 12.2 Å². The van der Waals surface area contributed by atoms with Gasteiger partial charge in [0.15, 0.2) is 17.8 Å². The number of ether oxygens (including phenoxy) is 1. The van der Waals surface area contributed by atoms with E-state index in [2.05, 4.69) is 4.74 Å². The lowest BCUT2D eigenvalue weighted by Crippen LogP contribution is -2.16. The van der Waals surface area contributed by atoms with Crippen LogP contribution in [-0.2, 0) is 19.1 Å². The number of rotatable bonds is 2. The summed E-state index contributed by atoms with van der Waals surface area (Å²) in [5, 5.41) is 0. The molecule has 0 aliphatic heterocycles. The molecular weight excluding hydrogens is 160 g/mol. The maximum absolute atomic E-state index is 11.0. The lowest BCUT2D eigenvalue weighted by molar-refractivity contribution is -0.119. The van der Waals surface area contributed by atoms with Gasteiger partial charge in [0.25, 0.3) is 0 Å². The normalized spacial score (nSPS) is 16.8. The number of carbonyl (C=O) groups is 3. The minimum Gasteiger partial charge on any atom is -0.492 e. The molecule has 0 saturated carbocycles. The quantitative estimate of drug-likeness (QED) is 0.323. The third-order valence-corrected chi connectivity index (χ3v) is 1.44. The van der Waals surface area contributed by atoms with Crippen LogP contribution in [0.3, 0.4) is 0 Å². The Morgan fingerprint density at radius 1 is 1.25 bits per heavy atom. The number of hydrogen-bond donors (Lipinski definition) is 0. The molecule has 0 radical (unpaired) electrons. The number of carbonyl (C=O) groups excluding carboxylic acids is 3. The second-order valence-corrected chi connectivity index (χ2v) is 2.13. The van der Waals surface area contributed by atoms with Gasteiger partial charge in [0, 0.05) is 0 Å². The number of allylic oxidation sites excluding steroid dienone is 3. The zero-order valence-corrected chi connectivity index (χ0v) is 6.37.